The minimum absolute atomic E-state index is 0.207. The van der Waals surface area contributed by atoms with Crippen LogP contribution in [0.3, 0.4) is 0 Å². The fraction of sp³-hybridized carbons (Fsp3) is 0.429. The highest BCUT2D eigenvalue weighted by molar-refractivity contribution is 7.14. The number of rotatable bonds is 5. The van der Waals surface area contributed by atoms with E-state index < -0.39 is 29.9 Å². The van der Waals surface area contributed by atoms with Crippen molar-refractivity contribution in [1.82, 2.24) is 4.98 Å². The van der Waals surface area contributed by atoms with Gasteiger partial charge in [0.05, 0.1) is 17.6 Å². The number of thiazole rings is 1. The van der Waals surface area contributed by atoms with Gasteiger partial charge >= 0.3 is 6.18 Å². The normalized spacial score (nSPS) is 14.5. The zero-order valence-corrected chi connectivity index (χ0v) is 13.2. The van der Waals surface area contributed by atoms with Crippen molar-refractivity contribution in [3.63, 3.8) is 0 Å². The summed E-state index contributed by atoms with van der Waals surface area (Å²) in [5.41, 5.74) is -1.32. The minimum Gasteiger partial charge on any atom is -0.463 e. The molecule has 0 aliphatic heterocycles. The van der Waals surface area contributed by atoms with Crippen LogP contribution in [-0.4, -0.2) is 22.2 Å². The van der Waals surface area contributed by atoms with Gasteiger partial charge < -0.3 is 14.8 Å². The smallest absolute Gasteiger partial charge is 0.425 e. The van der Waals surface area contributed by atoms with E-state index in [1.54, 1.807) is 0 Å². The van der Waals surface area contributed by atoms with Crippen LogP contribution in [0, 0.1) is 6.92 Å². The van der Waals surface area contributed by atoms with Crippen molar-refractivity contribution in [2.24, 2.45) is 0 Å². The third-order valence-electron chi connectivity index (χ3n) is 3.26. The fourth-order valence-corrected chi connectivity index (χ4v) is 2.80. The molecule has 2 aromatic rings. The van der Waals surface area contributed by atoms with E-state index in [4.69, 9.17) is 4.42 Å². The van der Waals surface area contributed by atoms with Crippen molar-refractivity contribution < 1.29 is 27.5 Å². The van der Waals surface area contributed by atoms with Crippen LogP contribution in [-0.2, 0) is 16.8 Å². The van der Waals surface area contributed by atoms with Crippen molar-refractivity contribution in [2.45, 2.75) is 38.5 Å². The van der Waals surface area contributed by atoms with Crippen molar-refractivity contribution in [1.29, 1.82) is 0 Å². The van der Waals surface area contributed by atoms with Crippen molar-refractivity contribution in [3.8, 4) is 0 Å². The molecule has 1 amide bonds. The number of nitrogens with one attached hydrogen (secondary N) is 1. The highest BCUT2D eigenvalue weighted by Crippen LogP contribution is 2.42. The van der Waals surface area contributed by atoms with Crippen LogP contribution >= 0.6 is 11.3 Å². The summed E-state index contributed by atoms with van der Waals surface area (Å²) in [6.45, 7) is 3.26. The van der Waals surface area contributed by atoms with Gasteiger partial charge in [-0.25, -0.2) is 4.98 Å². The van der Waals surface area contributed by atoms with E-state index in [1.807, 2.05) is 6.92 Å². The maximum atomic E-state index is 13.3. The molecule has 1 atom stereocenters. The van der Waals surface area contributed by atoms with Crippen LogP contribution in [0.1, 0.15) is 30.6 Å². The molecule has 5 nitrogen and oxygen atoms in total. The molecule has 0 fully saturated rings. The molecule has 1 unspecified atom stereocenters. The average molecular weight is 348 g/mol. The number of aliphatic hydroxyl groups is 1. The van der Waals surface area contributed by atoms with E-state index in [0.717, 1.165) is 17.4 Å². The van der Waals surface area contributed by atoms with Crippen LogP contribution in [0.2, 0.25) is 0 Å². The van der Waals surface area contributed by atoms with E-state index in [9.17, 15) is 23.1 Å². The third-order valence-corrected chi connectivity index (χ3v) is 4.05. The molecule has 0 aliphatic rings. The zero-order chi connectivity index (χ0) is 17.3. The Morgan fingerprint density at radius 2 is 2.13 bits per heavy atom. The molecule has 0 saturated heterocycles. The standard InChI is InChI=1S/C14H15F3N2O3S/c1-3-9-12(23-7-18-9)19-11(20)6-13(21,14(15,16)17)10-5-4-8(2)22-10/h4-5,7,21H,3,6H2,1-2H3,(H,19,20). The topological polar surface area (TPSA) is 75.4 Å². The summed E-state index contributed by atoms with van der Waals surface area (Å²) in [7, 11) is 0. The molecule has 0 aromatic carbocycles. The van der Waals surface area contributed by atoms with Crippen molar-refractivity contribution in [3.05, 3.63) is 34.9 Å². The molecular weight excluding hydrogens is 333 g/mol. The average Bonchev–Trinajstić information content (AvgIpc) is 3.06. The maximum Gasteiger partial charge on any atom is 0.425 e. The number of aromatic nitrogens is 1. The number of hydrogen-bond acceptors (Lipinski definition) is 5. The Labute approximate surface area is 134 Å². The summed E-state index contributed by atoms with van der Waals surface area (Å²) in [5, 5.41) is 12.8. The molecule has 0 aliphatic carbocycles. The first kappa shape index (κ1) is 17.5. The van der Waals surface area contributed by atoms with Gasteiger partial charge in [0, 0.05) is 0 Å². The Morgan fingerprint density at radius 3 is 2.65 bits per heavy atom. The number of amides is 1. The lowest BCUT2D eigenvalue weighted by atomic mass is 9.95. The molecule has 9 heteroatoms. The SMILES string of the molecule is CCc1ncsc1NC(=O)CC(O)(c1ccc(C)o1)C(F)(F)F. The van der Waals surface area contributed by atoms with Crippen LogP contribution < -0.4 is 5.32 Å². The van der Waals surface area contributed by atoms with Crippen LogP contribution in [0.4, 0.5) is 18.2 Å². The highest BCUT2D eigenvalue weighted by Gasteiger charge is 2.58. The second-order valence-electron chi connectivity index (χ2n) is 4.98. The predicted molar refractivity (Wildman–Crippen MR) is 78.1 cm³/mol. The Hall–Kier alpha value is -1.87. The zero-order valence-electron chi connectivity index (χ0n) is 12.4. The van der Waals surface area contributed by atoms with Gasteiger partial charge in [-0.15, -0.1) is 11.3 Å². The predicted octanol–water partition coefficient (Wildman–Crippen LogP) is 3.39. The van der Waals surface area contributed by atoms with Gasteiger partial charge in [-0.05, 0) is 25.5 Å². The number of carbonyl (C=O) groups excluding carboxylic acids is 1. The van der Waals surface area contributed by atoms with E-state index in [-0.39, 0.29) is 5.76 Å². The Morgan fingerprint density at radius 1 is 1.43 bits per heavy atom. The van der Waals surface area contributed by atoms with Gasteiger partial charge in [0.1, 0.15) is 16.5 Å². The Balaban J connectivity index is 2.23. The minimum atomic E-state index is -5.06. The van der Waals surface area contributed by atoms with E-state index in [0.29, 0.717) is 17.1 Å². The van der Waals surface area contributed by atoms with Crippen molar-refractivity contribution in [2.75, 3.05) is 5.32 Å². The molecule has 0 saturated carbocycles. The molecular formula is C14H15F3N2O3S. The number of nitrogens with zero attached hydrogens (tertiary/aromatic N) is 1. The molecule has 23 heavy (non-hydrogen) atoms. The lowest BCUT2D eigenvalue weighted by molar-refractivity contribution is -0.272. The van der Waals surface area contributed by atoms with E-state index >= 15 is 0 Å². The van der Waals surface area contributed by atoms with Gasteiger partial charge in [0.2, 0.25) is 11.5 Å². The number of alkyl halides is 3. The number of anilines is 1. The number of halogens is 3. The number of carbonyl (C=O) groups is 1. The second-order valence-corrected chi connectivity index (χ2v) is 5.83. The number of aryl methyl sites for hydroxylation is 2. The molecule has 0 bridgehead atoms. The summed E-state index contributed by atoms with van der Waals surface area (Å²) in [6.07, 6.45) is -5.74. The lowest BCUT2D eigenvalue weighted by Crippen LogP contribution is -2.44. The summed E-state index contributed by atoms with van der Waals surface area (Å²) in [4.78, 5) is 16.0. The van der Waals surface area contributed by atoms with Crippen molar-refractivity contribution >= 4 is 22.2 Å². The molecule has 0 radical (unpaired) electrons. The maximum absolute atomic E-state index is 13.3. The molecule has 2 aromatic heterocycles. The van der Waals surface area contributed by atoms with E-state index in [1.165, 1.54) is 18.5 Å². The number of hydrogen-bond donors (Lipinski definition) is 2. The quantitative estimate of drug-likeness (QED) is 0.868. The summed E-state index contributed by atoms with van der Waals surface area (Å²) in [6, 6.07) is 2.31. The van der Waals surface area contributed by atoms with E-state index in [2.05, 4.69) is 10.3 Å². The van der Waals surface area contributed by atoms with Gasteiger partial charge in [-0.1, -0.05) is 6.92 Å². The summed E-state index contributed by atoms with van der Waals surface area (Å²) in [5.74, 6) is -1.48. The first-order valence-corrected chi connectivity index (χ1v) is 7.63. The Kier molecular flexibility index (Phi) is 4.81. The summed E-state index contributed by atoms with van der Waals surface area (Å²) >= 11 is 1.11. The molecule has 126 valence electrons. The largest absolute Gasteiger partial charge is 0.463 e. The molecule has 2 rings (SSSR count). The molecule has 0 spiro atoms. The monoisotopic (exact) mass is 348 g/mol. The molecule has 2 N–H and O–H groups in total. The fourth-order valence-electron chi connectivity index (χ4n) is 2.01. The van der Waals surface area contributed by atoms with Crippen LogP contribution in [0.25, 0.3) is 0 Å². The lowest BCUT2D eigenvalue weighted by Gasteiger charge is -2.27. The summed E-state index contributed by atoms with van der Waals surface area (Å²) < 4.78 is 44.7. The van der Waals surface area contributed by atoms with Gasteiger partial charge in [-0.3, -0.25) is 4.79 Å². The molecule has 2 heterocycles. The van der Waals surface area contributed by atoms with Gasteiger partial charge in [0.15, 0.2) is 0 Å². The van der Waals surface area contributed by atoms with Crippen LogP contribution in [0.5, 0.6) is 0 Å². The number of furan rings is 1. The first-order valence-electron chi connectivity index (χ1n) is 6.75. The van der Waals surface area contributed by atoms with Gasteiger partial charge in [0.25, 0.3) is 0 Å². The van der Waals surface area contributed by atoms with Crippen LogP contribution in [0.15, 0.2) is 22.1 Å². The highest BCUT2D eigenvalue weighted by atomic mass is 32.1. The second kappa shape index (κ2) is 6.32. The van der Waals surface area contributed by atoms with Gasteiger partial charge in [-0.2, -0.15) is 13.2 Å². The first-order chi connectivity index (χ1) is 10.7. The third kappa shape index (κ3) is 3.56. The Bertz CT molecular complexity index is 695.